The van der Waals surface area contributed by atoms with Gasteiger partial charge in [0, 0.05) is 0 Å². The second-order valence-electron chi connectivity index (χ2n) is 14.3. The molecule has 0 N–H and O–H groups in total. The summed E-state index contributed by atoms with van der Waals surface area (Å²) in [6.07, 6.45) is 1.84. The van der Waals surface area contributed by atoms with Crippen molar-refractivity contribution in [2.24, 2.45) is 0 Å². The van der Waals surface area contributed by atoms with E-state index >= 15 is 0 Å². The summed E-state index contributed by atoms with van der Waals surface area (Å²) in [7, 11) is 0. The van der Waals surface area contributed by atoms with Crippen LogP contribution >= 0.6 is 0 Å². The van der Waals surface area contributed by atoms with Crippen LogP contribution in [-0.2, 0) is 28.9 Å². The van der Waals surface area contributed by atoms with Gasteiger partial charge in [0.15, 0.2) is 0 Å². The van der Waals surface area contributed by atoms with E-state index in [0.717, 1.165) is 33.7 Å². The first-order valence-electron chi connectivity index (χ1n) is 11.7. The first-order valence-corrected chi connectivity index (χ1v) is 17.8. The Morgan fingerprint density at radius 2 is 1.40 bits per heavy atom. The number of fused-ring (bicyclic) bond motifs is 10. The van der Waals surface area contributed by atoms with Crippen molar-refractivity contribution in [3.63, 3.8) is 0 Å². The third kappa shape index (κ3) is 0.224. The summed E-state index contributed by atoms with van der Waals surface area (Å²) in [5.41, 5.74) is 2.67. The van der Waals surface area contributed by atoms with E-state index in [1.54, 1.807) is 0 Å². The van der Waals surface area contributed by atoms with Gasteiger partial charge in [-0.25, -0.2) is 0 Å². The molecule has 2 nitrogen and oxygen atoms in total. The van der Waals surface area contributed by atoms with E-state index < -0.39 is 6.51 Å². The van der Waals surface area contributed by atoms with E-state index in [2.05, 4.69) is 54.6 Å². The Morgan fingerprint density at radius 1 is 0.800 bits per heavy atom. The summed E-state index contributed by atoms with van der Waals surface area (Å²) in [5.74, 6) is 1.15. The van der Waals surface area contributed by atoms with Crippen molar-refractivity contribution in [2.75, 3.05) is 0 Å². The van der Waals surface area contributed by atoms with Gasteiger partial charge in [-0.3, -0.25) is 0 Å². The molecule has 12 rings (SSSR count). The summed E-state index contributed by atoms with van der Waals surface area (Å²) < 4.78 is 0.688. The molecular formula is C27H24FeO2. The topological polar surface area (TPSA) is 34.1 Å². The molecule has 9 unspecified atom stereocenters. The van der Waals surface area contributed by atoms with Crippen LogP contribution in [0.1, 0.15) is 18.1 Å². The molecule has 0 radical (unpaired) electrons. The third-order valence-electron chi connectivity index (χ3n) is 18.7. The van der Waals surface area contributed by atoms with Gasteiger partial charge in [-0.15, -0.1) is 0 Å². The number of Topliss-reactive ketones (excluding diaryl/α,β-unsaturated/α-hetero) is 2. The molecule has 10 heterocycles. The fraction of sp³-hybridized carbons (Fsp3) is 0.481. The molecule has 9 atom stereocenters. The average molecular weight is 436 g/mol. The fourth-order valence-corrected chi connectivity index (χ4v) is 100. The molecule has 0 aliphatic carbocycles. The first-order chi connectivity index (χ1) is 14.3. The zero-order valence-electron chi connectivity index (χ0n) is 16.9. The Balaban J connectivity index is 1.17. The Kier molecular flexibility index (Phi) is 0.761. The first kappa shape index (κ1) is 13.7. The molecule has 0 bridgehead atoms. The maximum absolute atomic E-state index is 14.3. The van der Waals surface area contributed by atoms with Crippen LogP contribution in [0.15, 0.2) is 60.7 Å². The Morgan fingerprint density at radius 3 is 1.93 bits per heavy atom. The molecule has 0 amide bonds. The van der Waals surface area contributed by atoms with Gasteiger partial charge in [-0.1, -0.05) is 0 Å². The van der Waals surface area contributed by atoms with Gasteiger partial charge >= 0.3 is 166 Å². The van der Waals surface area contributed by atoms with Gasteiger partial charge in [0.25, 0.3) is 0 Å². The molecule has 152 valence electrons. The summed E-state index contributed by atoms with van der Waals surface area (Å²) in [5, 5.41) is 0. The molecule has 10 aliphatic rings. The normalized spacial score (nSPS) is 77.2. The van der Waals surface area contributed by atoms with Gasteiger partial charge < -0.3 is 0 Å². The van der Waals surface area contributed by atoms with Crippen molar-refractivity contribution in [3.8, 4) is 0 Å². The van der Waals surface area contributed by atoms with Crippen LogP contribution in [0.25, 0.3) is 0 Å². The summed E-state index contributed by atoms with van der Waals surface area (Å²) in [6.45, 7) is -2.33. The van der Waals surface area contributed by atoms with Crippen molar-refractivity contribution < 1.29 is 16.1 Å². The standard InChI is InChI=1S/C14H13O.C13H11O.Fe/c1-11(15)14-8-7-13(10-14)9-12-5-3-2-4-6-12;14-13(12-8-4-5-9-12)10-11-6-2-1-3-7-11;/h2-8,10H,9H2,1H3;1-9H,10H2;. The number of hydrogen-bond acceptors (Lipinski definition) is 2. The summed E-state index contributed by atoms with van der Waals surface area (Å²) in [4.78, 5) is 33.5. The second-order valence-corrected chi connectivity index (χ2v) is 37.3. The second kappa shape index (κ2) is 1.67. The molecule has 3 heteroatoms. The Labute approximate surface area is 165 Å². The van der Waals surface area contributed by atoms with Crippen LogP contribution in [-0.4, -0.2) is 11.6 Å². The Bertz CT molecular complexity index is 1820. The minimum absolute atomic E-state index is 0.0834. The van der Waals surface area contributed by atoms with E-state index in [1.807, 2.05) is 13.0 Å². The minimum atomic E-state index is -4.27. The summed E-state index contributed by atoms with van der Waals surface area (Å²) in [6, 6.07) is 21.5. The number of carbonyl (C=O) groups is 2. The van der Waals surface area contributed by atoms with Gasteiger partial charge in [0.1, 0.15) is 0 Å². The van der Waals surface area contributed by atoms with Crippen molar-refractivity contribution >= 4 is 11.6 Å². The number of rotatable bonds is 6. The molecule has 10 fully saturated rings. The Hall–Kier alpha value is -1.70. The molecule has 10 saturated heterocycles. The molecule has 10 aliphatic heterocycles. The monoisotopic (exact) mass is 436 g/mol. The predicted molar refractivity (Wildman–Crippen MR) is 110 cm³/mol. The molecule has 1 spiro atoms. The SMILES string of the molecule is CC(=O)[C]12[CH]3[CH]4[C]5(Cc6ccccc6)[CH]1[Fe]43521678[CH]2[CH]1[CH]6[C]7(C(=O)Cc1ccccc1)[CH]28. The van der Waals surface area contributed by atoms with Crippen LogP contribution in [0.4, 0.5) is 0 Å². The van der Waals surface area contributed by atoms with Gasteiger partial charge in [-0.05, 0) is 0 Å². The van der Waals surface area contributed by atoms with Gasteiger partial charge in [0.2, 0.25) is 0 Å². The van der Waals surface area contributed by atoms with Crippen LogP contribution in [0, 0.1) is 0 Å². The molecule has 2 aromatic carbocycles. The molecular weight excluding hydrogens is 412 g/mol. The van der Waals surface area contributed by atoms with Crippen LogP contribution in [0.3, 0.4) is 0 Å². The van der Waals surface area contributed by atoms with E-state index in [1.165, 1.54) is 17.5 Å². The van der Waals surface area contributed by atoms with Crippen molar-refractivity contribution in [2.45, 2.75) is 66.4 Å². The van der Waals surface area contributed by atoms with E-state index in [9.17, 15) is 9.59 Å². The zero-order chi connectivity index (χ0) is 19.7. The van der Waals surface area contributed by atoms with E-state index in [0.29, 0.717) is 22.3 Å². The van der Waals surface area contributed by atoms with Crippen LogP contribution in [0.2, 0.25) is 46.7 Å². The van der Waals surface area contributed by atoms with E-state index in [-0.39, 0.29) is 8.63 Å². The number of ketones is 2. The number of carbonyl (C=O) groups excluding carboxylic acids is 2. The number of hydrogen-bond donors (Lipinski definition) is 0. The van der Waals surface area contributed by atoms with Crippen LogP contribution < -0.4 is 0 Å². The van der Waals surface area contributed by atoms with Crippen molar-refractivity contribution in [3.05, 3.63) is 71.8 Å². The average Bonchev–Trinajstić information content (AvgIpc) is 3.70. The molecule has 2 aromatic rings. The predicted octanol–water partition coefficient (Wildman–Crippen LogP) is 6.13. The fourth-order valence-electron chi connectivity index (χ4n) is 21.4. The van der Waals surface area contributed by atoms with Gasteiger partial charge in [0.05, 0.1) is 0 Å². The van der Waals surface area contributed by atoms with Gasteiger partial charge in [-0.2, -0.15) is 0 Å². The summed E-state index contributed by atoms with van der Waals surface area (Å²) >= 11 is 0. The molecule has 0 aromatic heterocycles. The van der Waals surface area contributed by atoms with E-state index in [4.69, 9.17) is 0 Å². The maximum atomic E-state index is 14.3. The molecule has 0 saturated carbocycles. The third-order valence-corrected chi connectivity index (χ3v) is 62.6. The number of benzene rings is 2. The van der Waals surface area contributed by atoms with Crippen molar-refractivity contribution in [1.29, 1.82) is 0 Å². The zero-order valence-corrected chi connectivity index (χ0v) is 18.0. The quantitative estimate of drug-likeness (QED) is 0.511. The van der Waals surface area contributed by atoms with Crippen molar-refractivity contribution in [1.82, 2.24) is 0 Å². The van der Waals surface area contributed by atoms with Crippen LogP contribution in [0.5, 0.6) is 0 Å². The molecule has 30 heavy (non-hydrogen) atoms.